The van der Waals surface area contributed by atoms with E-state index in [0.717, 1.165) is 31.0 Å². The van der Waals surface area contributed by atoms with E-state index in [1.807, 2.05) is 26.0 Å². The number of hydrogen-bond acceptors (Lipinski definition) is 6. The maximum Gasteiger partial charge on any atom is 0.323 e. The molecule has 3 aliphatic rings. The summed E-state index contributed by atoms with van der Waals surface area (Å²) in [6, 6.07) is 3.53. The second-order valence-corrected chi connectivity index (χ2v) is 8.61. The molecule has 2 aliphatic heterocycles. The van der Waals surface area contributed by atoms with Crippen molar-refractivity contribution in [1.82, 2.24) is 4.90 Å². The minimum absolute atomic E-state index is 0.0441. The van der Waals surface area contributed by atoms with Gasteiger partial charge in [0.25, 0.3) is 0 Å². The maximum absolute atomic E-state index is 12.3. The van der Waals surface area contributed by atoms with Crippen LogP contribution in [0.5, 0.6) is 11.5 Å². The number of rotatable bonds is 4. The van der Waals surface area contributed by atoms with Crippen molar-refractivity contribution in [3.8, 4) is 11.5 Å². The standard InChI is InChI=1S/C22H30N2O4/c1-13(2)19(23)21(25)27-15-7-8-22-9-10-24(3)12-14-5-6-16(26-4)20(18(14)22)28-17(22)11-15/h5-8,13,15,17,19H,9-12,23H2,1-4H3/t15-,17-,19-,22?/m0/s1. The summed E-state index contributed by atoms with van der Waals surface area (Å²) in [6.45, 7) is 5.71. The first kappa shape index (κ1) is 19.3. The molecule has 0 saturated carbocycles. The third kappa shape index (κ3) is 2.99. The lowest BCUT2D eigenvalue weighted by atomic mass is 9.69. The zero-order valence-electron chi connectivity index (χ0n) is 17.1. The van der Waals surface area contributed by atoms with E-state index in [4.69, 9.17) is 19.9 Å². The Morgan fingerprint density at radius 1 is 1.39 bits per heavy atom. The zero-order chi connectivity index (χ0) is 20.1. The van der Waals surface area contributed by atoms with Crippen LogP contribution in [0, 0.1) is 5.92 Å². The van der Waals surface area contributed by atoms with Gasteiger partial charge in [0.15, 0.2) is 11.5 Å². The Kier molecular flexibility index (Phi) is 4.88. The largest absolute Gasteiger partial charge is 0.493 e. The van der Waals surface area contributed by atoms with Gasteiger partial charge in [0, 0.05) is 18.5 Å². The van der Waals surface area contributed by atoms with Crippen LogP contribution in [0.1, 0.15) is 37.8 Å². The Morgan fingerprint density at radius 2 is 2.18 bits per heavy atom. The maximum atomic E-state index is 12.3. The van der Waals surface area contributed by atoms with Crippen molar-refractivity contribution in [2.45, 2.75) is 56.9 Å². The van der Waals surface area contributed by atoms with Crippen molar-refractivity contribution >= 4 is 5.97 Å². The van der Waals surface area contributed by atoms with Crippen LogP contribution in [0.4, 0.5) is 0 Å². The SMILES string of the molecule is COc1ccc2c3c1O[C@H]1C[C@@H](OC(=O)[C@@H](N)C(C)C)C=CC31CCN(C)C2. The molecule has 28 heavy (non-hydrogen) atoms. The van der Waals surface area contributed by atoms with Gasteiger partial charge >= 0.3 is 5.97 Å². The first-order valence-electron chi connectivity index (χ1n) is 10.1. The van der Waals surface area contributed by atoms with Gasteiger partial charge in [-0.15, -0.1) is 0 Å². The summed E-state index contributed by atoms with van der Waals surface area (Å²) in [5.74, 6) is 1.30. The third-order valence-corrected chi connectivity index (χ3v) is 6.39. The highest BCUT2D eigenvalue weighted by molar-refractivity contribution is 5.76. The van der Waals surface area contributed by atoms with Crippen LogP contribution in [0.2, 0.25) is 0 Å². The summed E-state index contributed by atoms with van der Waals surface area (Å²) < 4.78 is 17.7. The van der Waals surface area contributed by atoms with Gasteiger partial charge in [-0.3, -0.25) is 4.79 Å². The van der Waals surface area contributed by atoms with Gasteiger partial charge in [0.05, 0.1) is 12.5 Å². The van der Waals surface area contributed by atoms with Gasteiger partial charge in [-0.1, -0.05) is 26.0 Å². The van der Waals surface area contributed by atoms with Crippen LogP contribution in [-0.2, 0) is 21.5 Å². The first-order valence-corrected chi connectivity index (χ1v) is 10.1. The average Bonchev–Trinajstić information content (AvgIpc) is 2.93. The van der Waals surface area contributed by atoms with Gasteiger partial charge in [0.1, 0.15) is 18.2 Å². The van der Waals surface area contributed by atoms with Crippen molar-refractivity contribution in [2.75, 3.05) is 20.7 Å². The predicted octanol–water partition coefficient (Wildman–Crippen LogP) is 2.38. The van der Waals surface area contributed by atoms with E-state index in [2.05, 4.69) is 24.1 Å². The molecular formula is C22H30N2O4. The van der Waals surface area contributed by atoms with Crippen molar-refractivity contribution in [3.05, 3.63) is 35.4 Å². The number of ether oxygens (including phenoxy) is 3. The summed E-state index contributed by atoms with van der Waals surface area (Å²) in [7, 11) is 3.82. The molecule has 6 heteroatoms. The number of hydrogen-bond donors (Lipinski definition) is 1. The number of benzene rings is 1. The van der Waals surface area contributed by atoms with Crippen molar-refractivity contribution in [1.29, 1.82) is 0 Å². The molecule has 1 aromatic carbocycles. The summed E-state index contributed by atoms with van der Waals surface area (Å²) in [4.78, 5) is 14.7. The molecule has 1 unspecified atom stereocenters. The topological polar surface area (TPSA) is 74.0 Å². The number of esters is 1. The molecule has 1 aliphatic carbocycles. The van der Waals surface area contributed by atoms with Crippen LogP contribution in [0.25, 0.3) is 0 Å². The normalized spacial score (nSPS) is 29.5. The highest BCUT2D eigenvalue weighted by atomic mass is 16.6. The molecule has 0 saturated heterocycles. The fourth-order valence-electron chi connectivity index (χ4n) is 4.65. The average molecular weight is 386 g/mol. The van der Waals surface area contributed by atoms with Gasteiger partial charge in [0.2, 0.25) is 0 Å². The summed E-state index contributed by atoms with van der Waals surface area (Å²) in [6.07, 6.45) is 5.40. The van der Waals surface area contributed by atoms with E-state index in [9.17, 15) is 4.79 Å². The van der Waals surface area contributed by atoms with Crippen molar-refractivity contribution in [2.24, 2.45) is 11.7 Å². The number of nitrogens with two attached hydrogens (primary N) is 1. The molecule has 152 valence electrons. The van der Waals surface area contributed by atoms with Crippen LogP contribution >= 0.6 is 0 Å². The zero-order valence-corrected chi connectivity index (χ0v) is 17.1. The Labute approximate surface area is 166 Å². The van der Waals surface area contributed by atoms with Gasteiger partial charge in [-0.25, -0.2) is 0 Å². The molecular weight excluding hydrogens is 356 g/mol. The molecule has 6 nitrogen and oxygen atoms in total. The fourth-order valence-corrected chi connectivity index (χ4v) is 4.65. The van der Waals surface area contributed by atoms with Crippen LogP contribution in [0.3, 0.4) is 0 Å². The molecule has 4 rings (SSSR count). The lowest BCUT2D eigenvalue weighted by Gasteiger charge is -2.37. The van der Waals surface area contributed by atoms with E-state index in [-0.39, 0.29) is 29.5 Å². The lowest BCUT2D eigenvalue weighted by molar-refractivity contribution is -0.151. The smallest absolute Gasteiger partial charge is 0.323 e. The van der Waals surface area contributed by atoms with E-state index in [1.54, 1.807) is 7.11 Å². The molecule has 0 bridgehead atoms. The van der Waals surface area contributed by atoms with Gasteiger partial charge in [-0.2, -0.15) is 0 Å². The molecule has 2 heterocycles. The fraction of sp³-hybridized carbons (Fsp3) is 0.591. The van der Waals surface area contributed by atoms with Crippen LogP contribution < -0.4 is 15.2 Å². The minimum Gasteiger partial charge on any atom is -0.493 e. The molecule has 1 aromatic rings. The molecule has 4 atom stereocenters. The van der Waals surface area contributed by atoms with Crippen molar-refractivity contribution < 1.29 is 19.0 Å². The highest BCUT2D eigenvalue weighted by Gasteiger charge is 2.53. The third-order valence-electron chi connectivity index (χ3n) is 6.39. The summed E-state index contributed by atoms with van der Waals surface area (Å²) >= 11 is 0. The van der Waals surface area contributed by atoms with E-state index in [1.165, 1.54) is 11.1 Å². The Hall–Kier alpha value is -2.05. The number of carbonyl (C=O) groups is 1. The quantitative estimate of drug-likeness (QED) is 0.633. The Balaban J connectivity index is 1.67. The van der Waals surface area contributed by atoms with Crippen LogP contribution in [-0.4, -0.2) is 49.8 Å². The second-order valence-electron chi connectivity index (χ2n) is 8.61. The van der Waals surface area contributed by atoms with Gasteiger partial charge in [-0.05, 0) is 43.6 Å². The lowest BCUT2D eigenvalue weighted by Crippen LogP contribution is -2.45. The van der Waals surface area contributed by atoms with E-state index in [0.29, 0.717) is 6.42 Å². The van der Waals surface area contributed by atoms with Crippen molar-refractivity contribution in [3.63, 3.8) is 0 Å². The monoisotopic (exact) mass is 386 g/mol. The summed E-state index contributed by atoms with van der Waals surface area (Å²) in [5, 5.41) is 0. The summed E-state index contributed by atoms with van der Waals surface area (Å²) in [5.41, 5.74) is 8.27. The minimum atomic E-state index is -0.607. The molecule has 0 radical (unpaired) electrons. The molecule has 0 amide bonds. The van der Waals surface area contributed by atoms with Crippen LogP contribution in [0.15, 0.2) is 24.3 Å². The number of methoxy groups -OCH3 is 1. The predicted molar refractivity (Wildman–Crippen MR) is 106 cm³/mol. The Bertz CT molecular complexity index is 806. The number of nitrogens with zero attached hydrogens (tertiary/aromatic N) is 1. The van der Waals surface area contributed by atoms with E-state index >= 15 is 0 Å². The molecule has 0 aromatic heterocycles. The second kappa shape index (κ2) is 7.08. The highest BCUT2D eigenvalue weighted by Crippen LogP contribution is 2.55. The van der Waals surface area contributed by atoms with E-state index < -0.39 is 6.04 Å². The molecule has 1 spiro atoms. The number of carbonyl (C=O) groups excluding carboxylic acids is 1. The molecule has 2 N–H and O–H groups in total. The van der Waals surface area contributed by atoms with Gasteiger partial charge < -0.3 is 24.8 Å². The first-order chi connectivity index (χ1) is 13.4. The Morgan fingerprint density at radius 3 is 2.89 bits per heavy atom. The molecule has 0 fully saturated rings.